The standard InChI is InChI=1S/C33H47N2P2.C5H5.Fe/c36-21-32(28-13-22-12-23(15-28)16-29(32)14-22)30-17-25(24-6-2-1-3-7-24)18-31(30)33(37,26-8-4-10-34-19-26)27-9-5-11-35-20-27;1-2-4-5-3-1;/h1-3,6-7,17-18,22-23,26-29,34-35H,4-5,8-16,19-21,36-37H2;1-5H;. The molecule has 232 valence electrons. The van der Waals surface area contributed by atoms with Crippen LogP contribution in [0.2, 0.25) is 42.3 Å². The molecule has 12 aliphatic heterocycles. The Morgan fingerprint density at radius 2 is 1.33 bits per heavy atom. The fourth-order valence-electron chi connectivity index (χ4n) is 29.5. The van der Waals surface area contributed by atoms with Gasteiger partial charge >= 0.3 is 254 Å². The second-order valence-corrected chi connectivity index (χ2v) is 46.0. The normalized spacial score (nSPS) is 81.5. The number of benzene rings is 1. The van der Waals surface area contributed by atoms with Gasteiger partial charge in [0.2, 0.25) is 0 Å². The molecule has 17 rings (SSSR count). The fraction of sp³-hybridized carbons (Fsp3) is 0.842. The van der Waals surface area contributed by atoms with Crippen molar-refractivity contribution in [2.24, 2.45) is 40.9 Å². The first-order valence-corrected chi connectivity index (χ1v) is 26.5. The average Bonchev–Trinajstić information content (AvgIpc) is 4.00. The van der Waals surface area contributed by atoms with Gasteiger partial charge in [0.15, 0.2) is 0 Å². The molecule has 0 amide bonds. The zero-order valence-electron chi connectivity index (χ0n) is 25.8. The summed E-state index contributed by atoms with van der Waals surface area (Å²) < 4.78 is 2.46. The van der Waals surface area contributed by atoms with E-state index < -0.39 is 6.51 Å². The van der Waals surface area contributed by atoms with Crippen LogP contribution < -0.4 is 10.6 Å². The van der Waals surface area contributed by atoms with E-state index in [-0.39, 0.29) is 0 Å². The van der Waals surface area contributed by atoms with E-state index in [0.29, 0.717) is 10.6 Å². The molecular weight excluding hydrogens is 602 g/mol. The van der Waals surface area contributed by atoms with Gasteiger partial charge in [0.1, 0.15) is 0 Å². The molecule has 1 aromatic rings. The molecule has 43 heavy (non-hydrogen) atoms. The van der Waals surface area contributed by atoms with E-state index in [4.69, 9.17) is 0 Å². The summed E-state index contributed by atoms with van der Waals surface area (Å²) in [7, 11) is 7.69. The second kappa shape index (κ2) is 3.82. The van der Waals surface area contributed by atoms with Gasteiger partial charge in [-0.05, 0) is 0 Å². The van der Waals surface area contributed by atoms with Crippen molar-refractivity contribution >= 4 is 18.5 Å². The van der Waals surface area contributed by atoms with Crippen LogP contribution in [0.4, 0.5) is 0 Å². The van der Waals surface area contributed by atoms with Crippen molar-refractivity contribution in [1.29, 1.82) is 0 Å². The van der Waals surface area contributed by atoms with Gasteiger partial charge in [-0.2, -0.15) is 0 Å². The number of nitrogens with one attached hydrogen (secondary N) is 2. The van der Waals surface area contributed by atoms with Gasteiger partial charge in [0.25, 0.3) is 0 Å². The third kappa shape index (κ3) is 0.620. The minimum atomic E-state index is -4.23. The predicted molar refractivity (Wildman–Crippen MR) is 177 cm³/mol. The van der Waals surface area contributed by atoms with Crippen LogP contribution in [0.15, 0.2) is 30.3 Å². The van der Waals surface area contributed by atoms with E-state index >= 15 is 0 Å². The Balaban J connectivity index is 1.07. The van der Waals surface area contributed by atoms with E-state index in [0.717, 1.165) is 48.4 Å². The first-order valence-electron chi connectivity index (χ1n) is 19.0. The van der Waals surface area contributed by atoms with Crippen molar-refractivity contribution in [2.75, 3.05) is 32.3 Å². The molecule has 0 aromatic heterocycles. The number of piperidine rings is 2. The Morgan fingerprint density at radius 3 is 1.79 bits per heavy atom. The van der Waals surface area contributed by atoms with E-state index in [1.165, 1.54) is 91.7 Å². The van der Waals surface area contributed by atoms with Crippen molar-refractivity contribution in [3.8, 4) is 0 Å². The number of hydrogen-bond donors (Lipinski definition) is 2. The maximum absolute atomic E-state index is 4.23. The Kier molecular flexibility index (Phi) is 2.04. The number of fused-ring (bicyclic) bond motifs is 11. The van der Waals surface area contributed by atoms with Crippen LogP contribution >= 0.6 is 18.5 Å². The van der Waals surface area contributed by atoms with E-state index in [1.54, 1.807) is 32.1 Å². The summed E-state index contributed by atoms with van der Waals surface area (Å²) in [6.07, 6.45) is 15.6. The van der Waals surface area contributed by atoms with Crippen LogP contribution in [0, 0.1) is 40.9 Å². The van der Waals surface area contributed by atoms with Crippen molar-refractivity contribution < 1.29 is 6.51 Å². The first-order chi connectivity index (χ1) is 20.9. The Morgan fingerprint density at radius 1 is 0.767 bits per heavy atom. The fourth-order valence-corrected chi connectivity index (χ4v) is 115. The molecule has 4 saturated carbocycles. The van der Waals surface area contributed by atoms with Crippen molar-refractivity contribution in [3.63, 3.8) is 0 Å². The van der Waals surface area contributed by atoms with Crippen molar-refractivity contribution in [2.45, 2.75) is 110 Å². The molecule has 9 unspecified atom stereocenters. The summed E-state index contributed by atoms with van der Waals surface area (Å²) in [6.45, 7) is 0.991. The van der Waals surface area contributed by atoms with E-state index in [2.05, 4.69) is 59.4 Å². The number of rotatable bonds is 6. The zero-order chi connectivity index (χ0) is 27.7. The first kappa shape index (κ1) is 23.0. The van der Waals surface area contributed by atoms with Gasteiger partial charge in [-0.1, -0.05) is 0 Å². The zero-order valence-corrected chi connectivity index (χ0v) is 29.2. The summed E-state index contributed by atoms with van der Waals surface area (Å²) in [6, 6.07) is 12.8. The SMILES string of the molecule is PCC1([C]23[CH]4[C]5(c6ccccc6)[CH]6[C]2(C(P)(C2CCCNC2)C2CCCNC2)[Fe]64532789[CH]3[CH]2[CH]7[CH]8[CH]39)C2CC3CC(C2)CC1C3. The van der Waals surface area contributed by atoms with Crippen LogP contribution in [0.5, 0.6) is 0 Å². The van der Waals surface area contributed by atoms with Crippen LogP contribution in [-0.4, -0.2) is 37.5 Å². The van der Waals surface area contributed by atoms with Crippen LogP contribution in [-0.2, 0) is 10.8 Å². The van der Waals surface area contributed by atoms with Gasteiger partial charge in [-0.15, -0.1) is 0 Å². The minimum absolute atomic E-state index is 0.501. The molecule has 4 aliphatic carbocycles. The Bertz CT molecular complexity index is 1950. The molecule has 9 atom stereocenters. The van der Waals surface area contributed by atoms with Gasteiger partial charge in [-0.25, -0.2) is 0 Å². The molecule has 1 aromatic carbocycles. The van der Waals surface area contributed by atoms with E-state index in [9.17, 15) is 0 Å². The molecule has 16 fully saturated rings. The third-order valence-corrected chi connectivity index (χ3v) is 72.3. The molecule has 5 heteroatoms. The average molecular weight is 655 g/mol. The summed E-state index contributed by atoms with van der Waals surface area (Å²) in [4.78, 5) is 9.16. The monoisotopic (exact) mass is 654 g/mol. The summed E-state index contributed by atoms with van der Waals surface area (Å²) in [5, 5.41) is 8.65. The van der Waals surface area contributed by atoms with Crippen LogP contribution in [0.1, 0.15) is 63.4 Å². The summed E-state index contributed by atoms with van der Waals surface area (Å²) in [5.74, 6) is 6.19. The van der Waals surface area contributed by atoms with Crippen molar-refractivity contribution in [1.82, 2.24) is 10.6 Å². The van der Waals surface area contributed by atoms with Crippen LogP contribution in [0.3, 0.4) is 0 Å². The predicted octanol–water partition coefficient (Wildman–Crippen LogP) is 8.15. The molecule has 2 N–H and O–H groups in total. The molecule has 12 heterocycles. The van der Waals surface area contributed by atoms with E-state index in [1.807, 2.05) is 5.56 Å². The summed E-state index contributed by atoms with van der Waals surface area (Å²) >= 11 is 0. The van der Waals surface area contributed by atoms with Gasteiger partial charge in [0, 0.05) is 0 Å². The molecule has 2 nitrogen and oxygen atoms in total. The van der Waals surface area contributed by atoms with Gasteiger partial charge < -0.3 is 0 Å². The van der Waals surface area contributed by atoms with Gasteiger partial charge in [-0.3, -0.25) is 0 Å². The van der Waals surface area contributed by atoms with Gasteiger partial charge in [0.05, 0.1) is 0 Å². The Labute approximate surface area is 253 Å². The number of hydrogen-bond acceptors (Lipinski definition) is 2. The molecule has 1 spiro atoms. The van der Waals surface area contributed by atoms with Crippen LogP contribution in [0.25, 0.3) is 0 Å². The maximum atomic E-state index is 4.07. The molecule has 12 saturated heterocycles. The topological polar surface area (TPSA) is 24.1 Å². The molecule has 16 aliphatic rings. The second-order valence-electron chi connectivity index (χ2n) is 21.8. The summed E-state index contributed by atoms with van der Waals surface area (Å²) in [5.41, 5.74) is 2.67. The third-order valence-electron chi connectivity index (χ3n) is 26.4. The molecular formula is C38H52FeN2P2. The van der Waals surface area contributed by atoms with Crippen molar-refractivity contribution in [3.05, 3.63) is 35.9 Å². The molecule has 0 radical (unpaired) electrons. The molecule has 4 bridgehead atoms. The Hall–Kier alpha value is 0.519. The quantitative estimate of drug-likeness (QED) is 0.239.